The van der Waals surface area contributed by atoms with Crippen molar-refractivity contribution in [3.63, 3.8) is 0 Å². The van der Waals surface area contributed by atoms with Gasteiger partial charge in [0.2, 0.25) is 11.8 Å². The maximum atomic E-state index is 12.9. The van der Waals surface area contributed by atoms with Gasteiger partial charge in [-0.1, -0.05) is 6.07 Å². The molecule has 158 valence electrons. The highest BCUT2D eigenvalue weighted by atomic mass is 16.2. The van der Waals surface area contributed by atoms with E-state index in [2.05, 4.69) is 10.6 Å². The zero-order valence-corrected chi connectivity index (χ0v) is 16.7. The first-order valence-electron chi connectivity index (χ1n) is 10.8. The van der Waals surface area contributed by atoms with Crippen molar-refractivity contribution in [2.45, 2.75) is 63.2 Å². The normalized spacial score (nSPS) is 33.1. The molecule has 8 nitrogen and oxygen atoms in total. The van der Waals surface area contributed by atoms with Crippen LogP contribution in [0.4, 0.5) is 0 Å². The maximum absolute atomic E-state index is 12.9. The van der Waals surface area contributed by atoms with Gasteiger partial charge >= 0.3 is 0 Å². The van der Waals surface area contributed by atoms with Crippen LogP contribution in [0.3, 0.4) is 0 Å². The van der Waals surface area contributed by atoms with Gasteiger partial charge in [-0.25, -0.2) is 0 Å². The average molecular weight is 410 g/mol. The molecule has 0 spiro atoms. The molecule has 3 saturated carbocycles. The lowest BCUT2D eigenvalue weighted by Gasteiger charge is -2.46. The zero-order valence-electron chi connectivity index (χ0n) is 16.7. The number of nitrogens with two attached hydrogens (primary N) is 1. The summed E-state index contributed by atoms with van der Waals surface area (Å²) in [7, 11) is 0. The van der Waals surface area contributed by atoms with Crippen LogP contribution in [0.1, 0.15) is 64.8 Å². The molecule has 2 aliphatic heterocycles. The number of carbonyl (C=O) groups excluding carboxylic acids is 4. The third-order valence-electron chi connectivity index (χ3n) is 7.29. The van der Waals surface area contributed by atoms with Gasteiger partial charge in [0.15, 0.2) is 0 Å². The molecule has 8 heteroatoms. The van der Waals surface area contributed by atoms with E-state index in [0.29, 0.717) is 41.6 Å². The van der Waals surface area contributed by atoms with E-state index in [0.717, 1.165) is 23.3 Å². The molecule has 0 aromatic heterocycles. The first-order chi connectivity index (χ1) is 14.4. The second kappa shape index (κ2) is 7.28. The average Bonchev–Trinajstić information content (AvgIpc) is 2.97. The lowest BCUT2D eigenvalue weighted by molar-refractivity contribution is -0.136. The van der Waals surface area contributed by atoms with Gasteiger partial charge in [-0.2, -0.15) is 0 Å². The minimum atomic E-state index is -0.932. The fraction of sp³-hybridized carbons (Fsp3) is 0.545. The second-order valence-corrected chi connectivity index (χ2v) is 9.05. The van der Waals surface area contributed by atoms with E-state index in [4.69, 9.17) is 5.73 Å². The van der Waals surface area contributed by atoms with Gasteiger partial charge in [-0.05, 0) is 61.6 Å². The van der Waals surface area contributed by atoms with Crippen molar-refractivity contribution in [3.05, 3.63) is 34.9 Å². The first kappa shape index (κ1) is 19.4. The summed E-state index contributed by atoms with van der Waals surface area (Å²) >= 11 is 0. The summed E-state index contributed by atoms with van der Waals surface area (Å²) in [6.45, 7) is 0.621. The van der Waals surface area contributed by atoms with Gasteiger partial charge < -0.3 is 11.1 Å². The number of nitrogens with zero attached hydrogens (tertiary/aromatic N) is 1. The monoisotopic (exact) mass is 410 g/mol. The molecule has 1 unspecified atom stereocenters. The summed E-state index contributed by atoms with van der Waals surface area (Å²) < 4.78 is 0. The SMILES string of the molecule is N[C@@H]1C[C@H]2CC[C@@H]1C[C@H]2NCc1ccc2c(c1)C(=O)N(C1CCC(=O)NC1=O)C2=O. The van der Waals surface area contributed by atoms with Crippen molar-refractivity contribution < 1.29 is 19.2 Å². The summed E-state index contributed by atoms with van der Waals surface area (Å²) in [4.78, 5) is 50.3. The Labute approximate surface area is 174 Å². The molecule has 30 heavy (non-hydrogen) atoms. The van der Waals surface area contributed by atoms with Crippen LogP contribution in [0.2, 0.25) is 0 Å². The lowest BCUT2D eigenvalue weighted by atomic mass is 9.65. The number of hydrogen-bond acceptors (Lipinski definition) is 6. The molecule has 3 aliphatic carbocycles. The number of benzene rings is 1. The van der Waals surface area contributed by atoms with Gasteiger partial charge in [0.25, 0.3) is 11.8 Å². The van der Waals surface area contributed by atoms with Crippen molar-refractivity contribution in [2.75, 3.05) is 0 Å². The van der Waals surface area contributed by atoms with E-state index in [9.17, 15) is 19.2 Å². The third kappa shape index (κ3) is 3.15. The molecule has 1 saturated heterocycles. The van der Waals surface area contributed by atoms with Crippen LogP contribution in [0, 0.1) is 11.8 Å². The Morgan fingerprint density at radius 2 is 1.77 bits per heavy atom. The number of fused-ring (bicyclic) bond motifs is 4. The standard InChI is InChI=1S/C22H26N4O4/c23-16-8-13-3-2-12(16)9-17(13)24-10-11-1-4-14-15(7-11)22(30)26(21(14)29)18-5-6-19(27)25-20(18)28/h1,4,7,12-13,16-18,24H,2-3,5-6,8-10,23H2,(H,25,27,28)/t12-,13-,16-,17-,18?/m1/s1. The van der Waals surface area contributed by atoms with Gasteiger partial charge in [0.1, 0.15) is 6.04 Å². The summed E-state index contributed by atoms with van der Waals surface area (Å²) in [6.07, 6.45) is 4.88. The van der Waals surface area contributed by atoms with Gasteiger partial charge in [-0.15, -0.1) is 0 Å². The number of hydrogen-bond donors (Lipinski definition) is 3. The fourth-order valence-corrected chi connectivity index (χ4v) is 5.61. The highest BCUT2D eigenvalue weighted by molar-refractivity contribution is 6.23. The van der Waals surface area contributed by atoms with Crippen LogP contribution >= 0.6 is 0 Å². The predicted octanol–water partition coefficient (Wildman–Crippen LogP) is 0.693. The van der Waals surface area contributed by atoms with Crippen LogP contribution in [0.5, 0.6) is 0 Å². The highest BCUT2D eigenvalue weighted by Gasteiger charge is 2.45. The van der Waals surface area contributed by atoms with E-state index in [1.54, 1.807) is 12.1 Å². The smallest absolute Gasteiger partial charge is 0.262 e. The molecule has 4 N–H and O–H groups in total. The van der Waals surface area contributed by atoms with Crippen LogP contribution in [0.25, 0.3) is 0 Å². The molecule has 1 aromatic rings. The summed E-state index contributed by atoms with van der Waals surface area (Å²) in [5.74, 6) is -0.706. The third-order valence-corrected chi connectivity index (χ3v) is 7.29. The van der Waals surface area contributed by atoms with Crippen LogP contribution in [0.15, 0.2) is 18.2 Å². The fourth-order valence-electron chi connectivity index (χ4n) is 5.61. The highest BCUT2D eigenvalue weighted by Crippen LogP contribution is 2.40. The van der Waals surface area contributed by atoms with Crippen molar-refractivity contribution >= 4 is 23.6 Å². The molecule has 1 aromatic carbocycles. The van der Waals surface area contributed by atoms with Crippen LogP contribution < -0.4 is 16.4 Å². The molecule has 5 atom stereocenters. The van der Waals surface area contributed by atoms with Crippen molar-refractivity contribution in [2.24, 2.45) is 17.6 Å². The second-order valence-electron chi connectivity index (χ2n) is 9.05. The minimum absolute atomic E-state index is 0.117. The van der Waals surface area contributed by atoms with Gasteiger partial charge in [0, 0.05) is 25.0 Å². The molecule has 5 aliphatic rings. The van der Waals surface area contributed by atoms with E-state index in [-0.39, 0.29) is 18.7 Å². The summed E-state index contributed by atoms with van der Waals surface area (Å²) in [6, 6.07) is 5.11. The van der Waals surface area contributed by atoms with Crippen molar-refractivity contribution in [3.8, 4) is 0 Å². The van der Waals surface area contributed by atoms with E-state index >= 15 is 0 Å². The summed E-state index contributed by atoms with van der Waals surface area (Å²) in [5, 5.41) is 5.84. The first-order valence-corrected chi connectivity index (χ1v) is 10.8. The van der Waals surface area contributed by atoms with Crippen molar-refractivity contribution in [1.29, 1.82) is 0 Å². The van der Waals surface area contributed by atoms with E-state index in [1.807, 2.05) is 6.07 Å². The minimum Gasteiger partial charge on any atom is -0.327 e. The molecular weight excluding hydrogens is 384 g/mol. The molecule has 0 radical (unpaired) electrons. The number of amides is 4. The molecular formula is C22H26N4O4. The Morgan fingerprint density at radius 3 is 2.47 bits per heavy atom. The molecule has 6 rings (SSSR count). The molecule has 2 bridgehead atoms. The maximum Gasteiger partial charge on any atom is 0.262 e. The molecule has 2 heterocycles. The van der Waals surface area contributed by atoms with Gasteiger partial charge in [-0.3, -0.25) is 29.4 Å². The number of piperidine rings is 1. The number of carbonyl (C=O) groups is 4. The van der Waals surface area contributed by atoms with Gasteiger partial charge in [0.05, 0.1) is 11.1 Å². The number of rotatable bonds is 4. The number of imide groups is 2. The Morgan fingerprint density at radius 1 is 1.00 bits per heavy atom. The zero-order chi connectivity index (χ0) is 21.0. The van der Waals surface area contributed by atoms with E-state index in [1.165, 1.54) is 12.8 Å². The Kier molecular flexibility index (Phi) is 4.71. The van der Waals surface area contributed by atoms with Crippen LogP contribution in [-0.4, -0.2) is 46.7 Å². The molecule has 4 fully saturated rings. The lowest BCUT2D eigenvalue weighted by Crippen LogP contribution is -2.54. The van der Waals surface area contributed by atoms with Crippen LogP contribution in [-0.2, 0) is 16.1 Å². The number of nitrogens with one attached hydrogen (secondary N) is 2. The van der Waals surface area contributed by atoms with E-state index < -0.39 is 23.8 Å². The van der Waals surface area contributed by atoms with Crippen molar-refractivity contribution in [1.82, 2.24) is 15.5 Å². The topological polar surface area (TPSA) is 122 Å². The molecule has 4 amide bonds. The Hall–Kier alpha value is -2.58. The summed E-state index contributed by atoms with van der Waals surface area (Å²) in [5.41, 5.74) is 7.80. The quantitative estimate of drug-likeness (QED) is 0.628. The Balaban J connectivity index is 1.29. The largest absolute Gasteiger partial charge is 0.327 e. The predicted molar refractivity (Wildman–Crippen MR) is 107 cm³/mol. The Bertz CT molecular complexity index is 945.